The minimum atomic E-state index is -0.340. The largest absolute Gasteiger partial charge is 0.389 e. The average molecular weight is 228 g/mol. The number of rotatable bonds is 1. The van der Waals surface area contributed by atoms with Crippen molar-refractivity contribution in [3.63, 3.8) is 0 Å². The van der Waals surface area contributed by atoms with Gasteiger partial charge in [0, 0.05) is 11.0 Å². The fourth-order valence-corrected chi connectivity index (χ4v) is 4.91. The average Bonchev–Trinajstić information content (AvgIpc) is 2.46. The Kier molecular flexibility index (Phi) is 3.37. The number of hydrogen-bond donors (Lipinski definition) is 1. The van der Waals surface area contributed by atoms with E-state index in [2.05, 4.69) is 20.8 Å². The van der Waals surface area contributed by atoms with Crippen LogP contribution in [0.1, 0.15) is 46.5 Å². The smallest absolute Gasteiger partial charge is 0.0776 e. The summed E-state index contributed by atoms with van der Waals surface area (Å²) < 4.78 is 0. The summed E-state index contributed by atoms with van der Waals surface area (Å²) in [6, 6.07) is 0. The number of hydrogen-bond acceptors (Lipinski definition) is 2. The molecule has 2 heteroatoms. The summed E-state index contributed by atoms with van der Waals surface area (Å²) in [6.07, 6.45) is 4.86. The van der Waals surface area contributed by atoms with Crippen molar-refractivity contribution >= 4 is 11.8 Å². The maximum atomic E-state index is 10.7. The highest BCUT2D eigenvalue weighted by Gasteiger charge is 2.44. The van der Waals surface area contributed by atoms with Gasteiger partial charge in [-0.25, -0.2) is 0 Å². The molecule has 1 N–H and O–H groups in total. The number of aliphatic hydroxyl groups is 1. The van der Waals surface area contributed by atoms with Crippen molar-refractivity contribution in [2.24, 2.45) is 17.8 Å². The minimum absolute atomic E-state index is 0.340. The Labute approximate surface area is 98.0 Å². The van der Waals surface area contributed by atoms with Crippen LogP contribution in [-0.4, -0.2) is 21.7 Å². The van der Waals surface area contributed by atoms with E-state index in [0.29, 0.717) is 11.2 Å². The van der Waals surface area contributed by atoms with E-state index in [1.807, 2.05) is 11.8 Å². The van der Waals surface area contributed by atoms with Crippen LogP contribution in [0, 0.1) is 17.8 Å². The summed E-state index contributed by atoms with van der Waals surface area (Å²) in [4.78, 5) is 0. The molecular weight excluding hydrogens is 204 g/mol. The van der Waals surface area contributed by atoms with Crippen LogP contribution in [-0.2, 0) is 0 Å². The first-order chi connectivity index (χ1) is 6.99. The van der Waals surface area contributed by atoms with E-state index < -0.39 is 0 Å². The lowest BCUT2D eigenvalue weighted by atomic mass is 9.69. The maximum Gasteiger partial charge on any atom is 0.0776 e. The third-order valence-electron chi connectivity index (χ3n) is 4.20. The second-order valence-electron chi connectivity index (χ2n) is 6.04. The fourth-order valence-electron chi connectivity index (χ4n) is 3.57. The lowest BCUT2D eigenvalue weighted by Gasteiger charge is -2.40. The highest BCUT2D eigenvalue weighted by molar-refractivity contribution is 8.00. The summed E-state index contributed by atoms with van der Waals surface area (Å²) in [5.74, 6) is 3.15. The molecule has 1 saturated carbocycles. The standard InChI is InChI=1S/C13H24OS/c1-9-4-10(2)6-12(5-9)13(14)7-11(3)15-8-13/h9-12,14H,4-8H2,1-3H3. The van der Waals surface area contributed by atoms with Crippen molar-refractivity contribution in [1.82, 2.24) is 0 Å². The Morgan fingerprint density at radius 2 is 1.67 bits per heavy atom. The van der Waals surface area contributed by atoms with E-state index in [0.717, 1.165) is 24.0 Å². The highest BCUT2D eigenvalue weighted by atomic mass is 32.2. The molecule has 88 valence electrons. The molecule has 1 nitrogen and oxygen atoms in total. The minimum Gasteiger partial charge on any atom is -0.389 e. The van der Waals surface area contributed by atoms with E-state index in [9.17, 15) is 5.11 Å². The van der Waals surface area contributed by atoms with Crippen molar-refractivity contribution in [2.45, 2.75) is 57.3 Å². The van der Waals surface area contributed by atoms with Crippen molar-refractivity contribution in [1.29, 1.82) is 0 Å². The molecule has 1 heterocycles. The van der Waals surface area contributed by atoms with E-state index in [4.69, 9.17) is 0 Å². The molecule has 0 spiro atoms. The maximum absolute atomic E-state index is 10.7. The Hall–Kier alpha value is 0.310. The van der Waals surface area contributed by atoms with E-state index >= 15 is 0 Å². The van der Waals surface area contributed by atoms with Gasteiger partial charge in [0.15, 0.2) is 0 Å². The third-order valence-corrected chi connectivity index (χ3v) is 5.60. The highest BCUT2D eigenvalue weighted by Crippen LogP contribution is 2.46. The Bertz CT molecular complexity index is 221. The van der Waals surface area contributed by atoms with Crippen LogP contribution in [0.5, 0.6) is 0 Å². The zero-order valence-electron chi connectivity index (χ0n) is 10.2. The van der Waals surface area contributed by atoms with Crippen LogP contribution in [0.25, 0.3) is 0 Å². The first-order valence-corrected chi connectivity index (χ1v) is 7.38. The van der Waals surface area contributed by atoms with Gasteiger partial charge in [0.25, 0.3) is 0 Å². The molecule has 0 aromatic carbocycles. The molecule has 1 aliphatic carbocycles. The predicted octanol–water partition coefficient (Wildman–Crippen LogP) is 3.32. The first-order valence-electron chi connectivity index (χ1n) is 6.33. The summed E-state index contributed by atoms with van der Waals surface area (Å²) in [6.45, 7) is 6.94. The van der Waals surface area contributed by atoms with Crippen LogP contribution in [0.15, 0.2) is 0 Å². The lowest BCUT2D eigenvalue weighted by Crippen LogP contribution is -2.42. The monoisotopic (exact) mass is 228 g/mol. The molecule has 2 rings (SSSR count). The molecule has 4 unspecified atom stereocenters. The molecule has 0 bridgehead atoms. The fraction of sp³-hybridized carbons (Fsp3) is 1.00. The van der Waals surface area contributed by atoms with E-state index in [1.54, 1.807) is 0 Å². The van der Waals surface area contributed by atoms with Gasteiger partial charge < -0.3 is 5.11 Å². The van der Waals surface area contributed by atoms with Gasteiger partial charge in [-0.3, -0.25) is 0 Å². The van der Waals surface area contributed by atoms with Gasteiger partial charge in [0.2, 0.25) is 0 Å². The van der Waals surface area contributed by atoms with Crippen LogP contribution in [0.2, 0.25) is 0 Å². The van der Waals surface area contributed by atoms with Gasteiger partial charge in [-0.2, -0.15) is 11.8 Å². The first kappa shape index (κ1) is 11.8. The zero-order chi connectivity index (χ0) is 11.1. The molecule has 2 aliphatic rings. The van der Waals surface area contributed by atoms with E-state index in [1.165, 1.54) is 19.3 Å². The summed E-state index contributed by atoms with van der Waals surface area (Å²) in [5, 5.41) is 11.4. The molecule has 0 amide bonds. The van der Waals surface area contributed by atoms with Crippen molar-refractivity contribution in [2.75, 3.05) is 5.75 Å². The van der Waals surface area contributed by atoms with Crippen LogP contribution in [0.4, 0.5) is 0 Å². The van der Waals surface area contributed by atoms with Gasteiger partial charge in [-0.05, 0) is 43.4 Å². The Balaban J connectivity index is 2.03. The molecule has 4 atom stereocenters. The summed E-state index contributed by atoms with van der Waals surface area (Å²) in [7, 11) is 0. The molecule has 0 radical (unpaired) electrons. The van der Waals surface area contributed by atoms with Crippen LogP contribution in [0.3, 0.4) is 0 Å². The molecular formula is C13H24OS. The molecule has 0 aromatic heterocycles. The Morgan fingerprint density at radius 1 is 1.07 bits per heavy atom. The third kappa shape index (κ3) is 2.52. The topological polar surface area (TPSA) is 20.2 Å². The predicted molar refractivity (Wildman–Crippen MR) is 67.2 cm³/mol. The molecule has 1 aliphatic heterocycles. The molecule has 15 heavy (non-hydrogen) atoms. The SMILES string of the molecule is CC1CC(C)CC(C2(O)CSC(C)C2)C1. The second kappa shape index (κ2) is 4.29. The number of thioether (sulfide) groups is 1. The van der Waals surface area contributed by atoms with Crippen molar-refractivity contribution < 1.29 is 5.11 Å². The summed E-state index contributed by atoms with van der Waals surface area (Å²) in [5.41, 5.74) is -0.340. The van der Waals surface area contributed by atoms with Crippen molar-refractivity contribution in [3.8, 4) is 0 Å². The summed E-state index contributed by atoms with van der Waals surface area (Å²) >= 11 is 1.95. The molecule has 2 fully saturated rings. The molecule has 1 saturated heterocycles. The van der Waals surface area contributed by atoms with Gasteiger partial charge in [0.05, 0.1) is 5.60 Å². The Morgan fingerprint density at radius 3 is 2.13 bits per heavy atom. The van der Waals surface area contributed by atoms with Gasteiger partial charge >= 0.3 is 0 Å². The zero-order valence-corrected chi connectivity index (χ0v) is 11.0. The second-order valence-corrected chi connectivity index (χ2v) is 7.47. The molecule has 0 aromatic rings. The van der Waals surface area contributed by atoms with Crippen LogP contribution < -0.4 is 0 Å². The van der Waals surface area contributed by atoms with E-state index in [-0.39, 0.29) is 5.60 Å². The quantitative estimate of drug-likeness (QED) is 0.743. The van der Waals surface area contributed by atoms with Crippen LogP contribution >= 0.6 is 11.8 Å². The van der Waals surface area contributed by atoms with Gasteiger partial charge in [0.1, 0.15) is 0 Å². The van der Waals surface area contributed by atoms with Gasteiger partial charge in [-0.1, -0.05) is 20.8 Å². The lowest BCUT2D eigenvalue weighted by molar-refractivity contribution is -0.0298. The van der Waals surface area contributed by atoms with Gasteiger partial charge in [-0.15, -0.1) is 0 Å². The normalized spacial score (nSPS) is 52.0. The van der Waals surface area contributed by atoms with Crippen molar-refractivity contribution in [3.05, 3.63) is 0 Å².